The predicted molar refractivity (Wildman–Crippen MR) is 110 cm³/mol. The summed E-state index contributed by atoms with van der Waals surface area (Å²) in [4.78, 5) is 34.4. The molecule has 0 saturated heterocycles. The summed E-state index contributed by atoms with van der Waals surface area (Å²) >= 11 is 0. The van der Waals surface area contributed by atoms with E-state index in [1.54, 1.807) is 37.3 Å². The highest BCUT2D eigenvalue weighted by Gasteiger charge is 2.21. The van der Waals surface area contributed by atoms with Gasteiger partial charge in [0.1, 0.15) is 11.3 Å². The zero-order valence-corrected chi connectivity index (χ0v) is 16.7. The first-order valence-corrected chi connectivity index (χ1v) is 10.0. The molecule has 0 radical (unpaired) electrons. The Balaban J connectivity index is 1.67. The molecule has 29 heavy (non-hydrogen) atoms. The van der Waals surface area contributed by atoms with Crippen LogP contribution in [0.1, 0.15) is 58.4 Å². The lowest BCUT2D eigenvalue weighted by atomic mass is 10.1. The molecule has 0 unspecified atom stereocenters. The molecule has 0 bridgehead atoms. The average Bonchev–Trinajstić information content (AvgIpc) is 2.89. The summed E-state index contributed by atoms with van der Waals surface area (Å²) in [7, 11) is 0. The van der Waals surface area contributed by atoms with Gasteiger partial charge in [-0.05, 0) is 51.0 Å². The molecule has 2 aromatic heterocycles. The number of aryl methyl sites for hydroxylation is 3. The van der Waals surface area contributed by atoms with E-state index in [1.165, 1.54) is 6.42 Å². The van der Waals surface area contributed by atoms with Crippen molar-refractivity contribution in [2.24, 2.45) is 0 Å². The highest BCUT2D eigenvalue weighted by Crippen LogP contribution is 2.25. The Morgan fingerprint density at radius 1 is 1.17 bits per heavy atom. The van der Waals surface area contributed by atoms with Crippen LogP contribution in [0.15, 0.2) is 30.3 Å². The van der Waals surface area contributed by atoms with Gasteiger partial charge in [-0.1, -0.05) is 12.5 Å². The highest BCUT2D eigenvalue weighted by atomic mass is 16.5. The molecule has 0 atom stereocenters. The molecule has 0 spiro atoms. The number of carbonyl (C=O) groups is 2. The quantitative estimate of drug-likeness (QED) is 0.681. The molecule has 3 heterocycles. The second-order valence-corrected chi connectivity index (χ2v) is 7.23. The van der Waals surface area contributed by atoms with Crippen LogP contribution in [-0.4, -0.2) is 33.0 Å². The first-order chi connectivity index (χ1) is 14.1. The van der Waals surface area contributed by atoms with Gasteiger partial charge in [0.2, 0.25) is 0 Å². The maximum Gasteiger partial charge on any atom is 0.338 e. The van der Waals surface area contributed by atoms with Crippen molar-refractivity contribution in [3.05, 3.63) is 53.0 Å². The van der Waals surface area contributed by atoms with Gasteiger partial charge in [0.25, 0.3) is 5.91 Å². The van der Waals surface area contributed by atoms with E-state index >= 15 is 0 Å². The molecule has 1 aliphatic heterocycles. The minimum atomic E-state index is -0.413. The smallest absolute Gasteiger partial charge is 0.338 e. The van der Waals surface area contributed by atoms with Crippen LogP contribution in [0, 0.1) is 6.92 Å². The number of hydrogen-bond acceptors (Lipinski definition) is 5. The average molecular weight is 392 g/mol. The van der Waals surface area contributed by atoms with Gasteiger partial charge in [0.05, 0.1) is 17.7 Å². The Kier molecular flexibility index (Phi) is 5.29. The summed E-state index contributed by atoms with van der Waals surface area (Å²) in [6.07, 6.45) is 4.28. The van der Waals surface area contributed by atoms with Crippen LogP contribution in [0.4, 0.5) is 5.69 Å². The van der Waals surface area contributed by atoms with Gasteiger partial charge < -0.3 is 14.6 Å². The summed E-state index contributed by atoms with van der Waals surface area (Å²) in [5.74, 6) is 0.312. The van der Waals surface area contributed by atoms with E-state index < -0.39 is 5.97 Å². The van der Waals surface area contributed by atoms with E-state index in [1.807, 2.05) is 6.92 Å². The second-order valence-electron chi connectivity index (χ2n) is 7.23. The van der Waals surface area contributed by atoms with Crippen LogP contribution in [0.2, 0.25) is 0 Å². The van der Waals surface area contributed by atoms with Crippen molar-refractivity contribution >= 4 is 28.7 Å². The molecule has 7 nitrogen and oxygen atoms in total. The lowest BCUT2D eigenvalue weighted by Crippen LogP contribution is -2.14. The number of rotatable bonds is 4. The van der Waals surface area contributed by atoms with E-state index in [2.05, 4.69) is 14.9 Å². The summed E-state index contributed by atoms with van der Waals surface area (Å²) in [6.45, 7) is 4.82. The Bertz CT molecular complexity index is 1090. The molecule has 1 aromatic carbocycles. The third-order valence-corrected chi connectivity index (χ3v) is 5.07. The molecule has 0 aliphatic carbocycles. The molecule has 4 rings (SSSR count). The summed E-state index contributed by atoms with van der Waals surface area (Å²) < 4.78 is 7.18. The van der Waals surface area contributed by atoms with Crippen molar-refractivity contribution in [2.45, 2.75) is 46.1 Å². The number of benzene rings is 1. The maximum absolute atomic E-state index is 13.1. The van der Waals surface area contributed by atoms with Crippen LogP contribution in [0.5, 0.6) is 0 Å². The molecule has 1 N–H and O–H groups in total. The number of imidazole rings is 1. The normalized spacial score (nSPS) is 13.6. The third kappa shape index (κ3) is 3.85. The number of pyridine rings is 1. The lowest BCUT2D eigenvalue weighted by molar-refractivity contribution is 0.0526. The fourth-order valence-corrected chi connectivity index (χ4v) is 3.73. The molecule has 0 fully saturated rings. The van der Waals surface area contributed by atoms with Gasteiger partial charge in [-0.15, -0.1) is 0 Å². The van der Waals surface area contributed by atoms with Gasteiger partial charge >= 0.3 is 5.97 Å². The number of anilines is 1. The molecular weight excluding hydrogens is 368 g/mol. The molecule has 1 aliphatic rings. The number of fused-ring (bicyclic) bond motifs is 3. The van der Waals surface area contributed by atoms with Gasteiger partial charge in [-0.25, -0.2) is 14.8 Å². The summed E-state index contributed by atoms with van der Waals surface area (Å²) in [5.41, 5.74) is 3.60. The zero-order valence-electron chi connectivity index (χ0n) is 16.7. The molecule has 150 valence electrons. The Morgan fingerprint density at radius 2 is 2.03 bits per heavy atom. The fraction of sp³-hybridized carbons (Fsp3) is 0.364. The van der Waals surface area contributed by atoms with Crippen molar-refractivity contribution in [2.75, 3.05) is 11.9 Å². The van der Waals surface area contributed by atoms with Crippen molar-refractivity contribution in [3.63, 3.8) is 0 Å². The van der Waals surface area contributed by atoms with Crippen LogP contribution in [0.25, 0.3) is 11.2 Å². The van der Waals surface area contributed by atoms with Crippen molar-refractivity contribution in [1.82, 2.24) is 14.5 Å². The van der Waals surface area contributed by atoms with E-state index in [-0.39, 0.29) is 5.91 Å². The van der Waals surface area contributed by atoms with Crippen LogP contribution in [-0.2, 0) is 17.7 Å². The zero-order chi connectivity index (χ0) is 20.4. The van der Waals surface area contributed by atoms with Crippen molar-refractivity contribution in [3.8, 4) is 0 Å². The minimum Gasteiger partial charge on any atom is -0.462 e. The van der Waals surface area contributed by atoms with E-state index in [4.69, 9.17) is 9.72 Å². The van der Waals surface area contributed by atoms with Crippen LogP contribution in [0.3, 0.4) is 0 Å². The van der Waals surface area contributed by atoms with E-state index in [9.17, 15) is 9.59 Å². The Hall–Kier alpha value is -3.22. The van der Waals surface area contributed by atoms with Gasteiger partial charge in [-0.3, -0.25) is 4.79 Å². The first kappa shape index (κ1) is 19.1. The molecular formula is C22H24N4O3. The number of aromatic nitrogens is 3. The number of hydrogen-bond donors (Lipinski definition) is 1. The van der Waals surface area contributed by atoms with Gasteiger partial charge in [0, 0.05) is 24.3 Å². The number of nitrogens with one attached hydrogen (secondary N) is 1. The Morgan fingerprint density at radius 3 is 2.86 bits per heavy atom. The second kappa shape index (κ2) is 8.03. The monoisotopic (exact) mass is 392 g/mol. The van der Waals surface area contributed by atoms with Crippen molar-refractivity contribution < 1.29 is 14.3 Å². The molecule has 1 amide bonds. The largest absolute Gasteiger partial charge is 0.462 e. The fourth-order valence-electron chi connectivity index (χ4n) is 3.73. The molecule has 3 aromatic rings. The first-order valence-electron chi connectivity index (χ1n) is 10.0. The van der Waals surface area contributed by atoms with Gasteiger partial charge in [-0.2, -0.15) is 0 Å². The summed E-state index contributed by atoms with van der Waals surface area (Å²) in [6, 6.07) is 8.50. The molecule has 7 heteroatoms. The Labute approximate surface area is 169 Å². The SMILES string of the molecule is CCOC(=O)c1cccc(NC(=O)c2cc(C)nc3c2nc2n3CCCCC2)c1. The predicted octanol–water partition coefficient (Wildman–Crippen LogP) is 3.90. The van der Waals surface area contributed by atoms with Gasteiger partial charge in [0.15, 0.2) is 5.65 Å². The molecule has 0 saturated carbocycles. The van der Waals surface area contributed by atoms with E-state index in [0.29, 0.717) is 28.9 Å². The van der Waals surface area contributed by atoms with Crippen LogP contribution < -0.4 is 5.32 Å². The topological polar surface area (TPSA) is 86.1 Å². The standard InChI is InChI=1S/C22H24N4O3/c1-3-29-22(28)15-8-7-9-16(13-15)24-21(27)17-12-14(2)23-20-19(17)25-18-10-5-4-6-11-26(18)20/h7-9,12-13H,3-6,10-11H2,1-2H3,(H,24,27). The minimum absolute atomic E-state index is 0.269. The summed E-state index contributed by atoms with van der Waals surface area (Å²) in [5, 5.41) is 2.88. The third-order valence-electron chi connectivity index (χ3n) is 5.07. The lowest BCUT2D eigenvalue weighted by Gasteiger charge is -2.09. The number of ether oxygens (including phenoxy) is 1. The van der Waals surface area contributed by atoms with Crippen LogP contribution >= 0.6 is 0 Å². The number of amides is 1. The number of carbonyl (C=O) groups excluding carboxylic acids is 2. The number of nitrogens with zero attached hydrogens (tertiary/aromatic N) is 3. The number of esters is 1. The van der Waals surface area contributed by atoms with Crippen molar-refractivity contribution in [1.29, 1.82) is 0 Å². The maximum atomic E-state index is 13.1. The van der Waals surface area contributed by atoms with E-state index in [0.717, 1.165) is 43.0 Å². The highest BCUT2D eigenvalue weighted by molar-refractivity contribution is 6.11.